The van der Waals surface area contributed by atoms with E-state index in [4.69, 9.17) is 10.5 Å². The number of aromatic nitrogens is 1. The number of benzene rings is 1. The summed E-state index contributed by atoms with van der Waals surface area (Å²) >= 11 is 0. The number of pyridine rings is 1. The van der Waals surface area contributed by atoms with E-state index in [1.165, 1.54) is 0 Å². The number of carbonyl (C=O) groups excluding carboxylic acids is 1. The first-order valence-corrected chi connectivity index (χ1v) is 6.47. The summed E-state index contributed by atoms with van der Waals surface area (Å²) in [7, 11) is 0. The molecule has 1 aromatic heterocycles. The van der Waals surface area contributed by atoms with Gasteiger partial charge >= 0.3 is 0 Å². The van der Waals surface area contributed by atoms with Crippen molar-refractivity contribution in [2.45, 2.75) is 20.0 Å². The van der Waals surface area contributed by atoms with Gasteiger partial charge in [0.2, 0.25) is 5.91 Å². The maximum absolute atomic E-state index is 11.3. The molecule has 5 nitrogen and oxygen atoms in total. The smallest absolute Gasteiger partial charge is 0.297 e. The van der Waals surface area contributed by atoms with Crippen LogP contribution in [0.3, 0.4) is 0 Å². The SMILES string of the molecule is CCC(=O)Nc1ccc(OCc2ccccc2)[nH+]c1N.[Cl-]. The number of hydrogen-bond donors (Lipinski definition) is 2. The van der Waals surface area contributed by atoms with Crippen molar-refractivity contribution in [3.8, 4) is 5.88 Å². The van der Waals surface area contributed by atoms with Crippen LogP contribution in [0.2, 0.25) is 0 Å². The Morgan fingerprint density at radius 1 is 1.24 bits per heavy atom. The molecule has 6 heteroatoms. The van der Waals surface area contributed by atoms with Gasteiger partial charge in [-0.2, -0.15) is 0 Å². The van der Waals surface area contributed by atoms with E-state index in [9.17, 15) is 4.79 Å². The standard InChI is InChI=1S/C15H17N3O2.ClH/c1-2-13(19)17-12-8-9-14(18-15(12)16)20-10-11-6-4-3-5-7-11;/h3-9H,2,10H2,1H3,(H2,16,18)(H,17,19);1H. The zero-order valence-electron chi connectivity index (χ0n) is 11.7. The second-order valence-electron chi connectivity index (χ2n) is 4.33. The molecule has 0 spiro atoms. The number of nitrogens with one attached hydrogen (secondary N) is 2. The van der Waals surface area contributed by atoms with Crippen molar-refractivity contribution in [1.29, 1.82) is 0 Å². The number of nitrogen functional groups attached to an aromatic ring is 1. The van der Waals surface area contributed by atoms with E-state index in [2.05, 4.69) is 10.3 Å². The van der Waals surface area contributed by atoms with Crippen molar-refractivity contribution in [3.05, 3.63) is 48.0 Å². The highest BCUT2D eigenvalue weighted by Crippen LogP contribution is 2.16. The van der Waals surface area contributed by atoms with Gasteiger partial charge in [0, 0.05) is 12.5 Å². The molecule has 0 aliphatic heterocycles. The summed E-state index contributed by atoms with van der Waals surface area (Å²) in [5.41, 5.74) is 7.47. The van der Waals surface area contributed by atoms with Gasteiger partial charge in [-0.3, -0.25) is 10.5 Å². The Bertz CT molecular complexity index is 591. The molecule has 0 unspecified atom stereocenters. The largest absolute Gasteiger partial charge is 1.00 e. The summed E-state index contributed by atoms with van der Waals surface area (Å²) in [5.74, 6) is 0.848. The van der Waals surface area contributed by atoms with Crippen molar-refractivity contribution in [2.75, 3.05) is 11.1 Å². The van der Waals surface area contributed by atoms with Gasteiger partial charge in [0.15, 0.2) is 0 Å². The molecule has 2 aromatic rings. The Morgan fingerprint density at radius 3 is 2.57 bits per heavy atom. The Hall–Kier alpha value is -2.27. The summed E-state index contributed by atoms with van der Waals surface area (Å²) in [4.78, 5) is 14.2. The van der Waals surface area contributed by atoms with Crippen molar-refractivity contribution >= 4 is 17.4 Å². The van der Waals surface area contributed by atoms with Gasteiger partial charge < -0.3 is 22.5 Å². The molecule has 4 N–H and O–H groups in total. The second-order valence-corrected chi connectivity index (χ2v) is 4.33. The summed E-state index contributed by atoms with van der Waals surface area (Å²) in [6, 6.07) is 13.3. The van der Waals surface area contributed by atoms with Crippen LogP contribution in [0, 0.1) is 0 Å². The van der Waals surface area contributed by atoms with E-state index >= 15 is 0 Å². The fourth-order valence-electron chi connectivity index (χ4n) is 1.66. The number of aromatic amines is 1. The van der Waals surface area contributed by atoms with Crippen LogP contribution < -0.4 is 33.2 Å². The molecular formula is C15H18ClN3O2. The first-order valence-electron chi connectivity index (χ1n) is 6.47. The second kappa shape index (κ2) is 8.11. The van der Waals surface area contributed by atoms with E-state index in [0.29, 0.717) is 30.4 Å². The molecule has 0 saturated carbocycles. The van der Waals surface area contributed by atoms with Crippen molar-refractivity contribution in [3.63, 3.8) is 0 Å². The van der Waals surface area contributed by atoms with Crippen LogP contribution in [0.25, 0.3) is 0 Å². The summed E-state index contributed by atoms with van der Waals surface area (Å²) in [6.45, 7) is 2.24. The van der Waals surface area contributed by atoms with E-state index in [-0.39, 0.29) is 18.3 Å². The number of amides is 1. The average Bonchev–Trinajstić information content (AvgIpc) is 2.48. The fourth-order valence-corrected chi connectivity index (χ4v) is 1.66. The number of anilines is 2. The summed E-state index contributed by atoms with van der Waals surface area (Å²) < 4.78 is 5.61. The topological polar surface area (TPSA) is 78.5 Å². The predicted molar refractivity (Wildman–Crippen MR) is 77.1 cm³/mol. The molecule has 0 aliphatic rings. The average molecular weight is 308 g/mol. The van der Waals surface area contributed by atoms with Gasteiger partial charge in [0.05, 0.1) is 0 Å². The Balaban J connectivity index is 0.00000220. The lowest BCUT2D eigenvalue weighted by molar-refractivity contribution is -0.378. The number of H-pyrrole nitrogens is 1. The van der Waals surface area contributed by atoms with Crippen LogP contribution in [0.1, 0.15) is 18.9 Å². The monoisotopic (exact) mass is 307 g/mol. The molecule has 0 fully saturated rings. The highest BCUT2D eigenvalue weighted by atomic mass is 35.5. The van der Waals surface area contributed by atoms with Gasteiger partial charge in [0.1, 0.15) is 12.3 Å². The lowest BCUT2D eigenvalue weighted by Crippen LogP contribution is -3.00. The third-order valence-corrected chi connectivity index (χ3v) is 2.78. The number of halogens is 1. The first kappa shape index (κ1) is 16.8. The third-order valence-electron chi connectivity index (χ3n) is 2.78. The molecule has 0 atom stereocenters. The van der Waals surface area contributed by atoms with Gasteiger partial charge in [-0.25, -0.2) is 4.98 Å². The van der Waals surface area contributed by atoms with Gasteiger partial charge in [-0.15, -0.1) is 0 Å². The predicted octanol–water partition coefficient (Wildman–Crippen LogP) is -0.986. The molecule has 0 radical (unpaired) electrons. The molecule has 0 saturated heterocycles. The Morgan fingerprint density at radius 2 is 1.95 bits per heavy atom. The maximum Gasteiger partial charge on any atom is 0.297 e. The summed E-state index contributed by atoms with van der Waals surface area (Å²) in [5, 5.41) is 2.71. The molecule has 2 rings (SSSR count). The minimum atomic E-state index is -0.0805. The van der Waals surface area contributed by atoms with Crippen LogP contribution in [-0.4, -0.2) is 5.91 Å². The Labute approximate surface area is 129 Å². The fraction of sp³-hybridized carbons (Fsp3) is 0.200. The van der Waals surface area contributed by atoms with Crippen LogP contribution in [0.5, 0.6) is 5.88 Å². The zero-order valence-corrected chi connectivity index (χ0v) is 12.5. The minimum absolute atomic E-state index is 0. The van der Waals surface area contributed by atoms with Crippen molar-refractivity contribution in [2.24, 2.45) is 0 Å². The van der Waals surface area contributed by atoms with Crippen LogP contribution >= 0.6 is 0 Å². The lowest BCUT2D eigenvalue weighted by atomic mass is 10.2. The molecule has 1 amide bonds. The van der Waals surface area contributed by atoms with E-state index in [1.807, 2.05) is 30.3 Å². The molecular weight excluding hydrogens is 290 g/mol. The minimum Gasteiger partial charge on any atom is -1.00 e. The molecule has 112 valence electrons. The van der Waals surface area contributed by atoms with Crippen molar-refractivity contribution in [1.82, 2.24) is 0 Å². The number of carbonyl (C=O) groups is 1. The third kappa shape index (κ3) is 4.96. The normalized spacial score (nSPS) is 9.57. The van der Waals surface area contributed by atoms with E-state index in [0.717, 1.165) is 5.56 Å². The quantitative estimate of drug-likeness (QED) is 0.745. The zero-order chi connectivity index (χ0) is 14.4. The molecule has 0 bridgehead atoms. The van der Waals surface area contributed by atoms with E-state index in [1.54, 1.807) is 19.1 Å². The Kier molecular flexibility index (Phi) is 6.49. The first-order chi connectivity index (χ1) is 9.69. The van der Waals surface area contributed by atoms with E-state index < -0.39 is 0 Å². The number of rotatable bonds is 5. The number of ether oxygens (including phenoxy) is 1. The van der Waals surface area contributed by atoms with Gasteiger partial charge in [-0.05, 0) is 11.6 Å². The molecule has 21 heavy (non-hydrogen) atoms. The maximum atomic E-state index is 11.3. The highest BCUT2D eigenvalue weighted by molar-refractivity contribution is 5.92. The van der Waals surface area contributed by atoms with Crippen LogP contribution in [0.4, 0.5) is 11.5 Å². The molecule has 1 heterocycles. The molecule has 1 aromatic carbocycles. The van der Waals surface area contributed by atoms with Crippen LogP contribution in [0.15, 0.2) is 42.5 Å². The van der Waals surface area contributed by atoms with Gasteiger partial charge in [0.25, 0.3) is 11.7 Å². The molecule has 0 aliphatic carbocycles. The lowest BCUT2D eigenvalue weighted by Gasteiger charge is -2.06. The number of nitrogens with two attached hydrogens (primary N) is 1. The van der Waals surface area contributed by atoms with Crippen LogP contribution in [-0.2, 0) is 11.4 Å². The highest BCUT2D eigenvalue weighted by Gasteiger charge is 2.10. The number of hydrogen-bond acceptors (Lipinski definition) is 3. The van der Waals surface area contributed by atoms with Gasteiger partial charge in [-0.1, -0.05) is 37.3 Å². The van der Waals surface area contributed by atoms with Crippen molar-refractivity contribution < 1.29 is 26.9 Å². The summed E-state index contributed by atoms with van der Waals surface area (Å²) in [6.07, 6.45) is 0.408.